The molecule has 5 nitrogen and oxygen atoms in total. The molecular weight excluding hydrogens is 351 g/mol. The summed E-state index contributed by atoms with van der Waals surface area (Å²) < 4.78 is 13.3. The van der Waals surface area contributed by atoms with Gasteiger partial charge in [0.05, 0.1) is 5.39 Å². The van der Waals surface area contributed by atoms with Gasteiger partial charge in [0.2, 0.25) is 5.91 Å². The van der Waals surface area contributed by atoms with Crippen LogP contribution in [0.25, 0.3) is 21.3 Å². The van der Waals surface area contributed by atoms with Gasteiger partial charge in [-0.2, -0.15) is 0 Å². The Morgan fingerprint density at radius 3 is 2.88 bits per heavy atom. The highest BCUT2D eigenvalue weighted by molar-refractivity contribution is 7.17. The molecule has 0 bridgehead atoms. The molecule has 1 fully saturated rings. The van der Waals surface area contributed by atoms with E-state index < -0.39 is 0 Å². The molecule has 7 heteroatoms. The largest absolute Gasteiger partial charge is 0.353 e. The zero-order valence-electron chi connectivity index (χ0n) is 14.4. The monoisotopic (exact) mass is 370 g/mol. The molecule has 0 unspecified atom stereocenters. The van der Waals surface area contributed by atoms with Gasteiger partial charge in [-0.1, -0.05) is 25.5 Å². The van der Waals surface area contributed by atoms with Gasteiger partial charge in [0, 0.05) is 24.0 Å². The van der Waals surface area contributed by atoms with Gasteiger partial charge in [-0.25, -0.2) is 14.4 Å². The van der Waals surface area contributed by atoms with Crippen LogP contribution in [0.2, 0.25) is 0 Å². The van der Waals surface area contributed by atoms with Crippen molar-refractivity contribution in [3.05, 3.63) is 41.8 Å². The van der Waals surface area contributed by atoms with Crippen LogP contribution >= 0.6 is 11.3 Å². The number of fused-ring (bicyclic) bond motifs is 1. The normalized spacial score (nSPS) is 17.5. The number of aromatic nitrogens is 2. The van der Waals surface area contributed by atoms with Crippen LogP contribution in [0.4, 0.5) is 10.2 Å². The molecule has 3 heterocycles. The standard InChI is InChI=1S/C19H19FN4OS/c1-2-3-15-18(25)21-8-9-24(15)17-16-14(10-26-19(16)23-11-22-17)12-4-6-13(20)7-5-12/h4-7,10-11,15H,2-3,8-9H2,1H3,(H,21,25)/t15-/m0/s1. The Kier molecular flexibility index (Phi) is 4.55. The van der Waals surface area contributed by atoms with E-state index >= 15 is 0 Å². The number of benzene rings is 1. The number of rotatable bonds is 4. The molecule has 0 saturated carbocycles. The number of hydrogen-bond acceptors (Lipinski definition) is 5. The second-order valence-corrected chi connectivity index (χ2v) is 7.18. The molecule has 1 N–H and O–H groups in total. The molecule has 0 aliphatic carbocycles. The number of anilines is 1. The number of piperazine rings is 1. The van der Waals surface area contributed by atoms with Crippen LogP contribution in [0.1, 0.15) is 19.8 Å². The highest BCUT2D eigenvalue weighted by atomic mass is 32.1. The maximum absolute atomic E-state index is 13.3. The Hall–Kier alpha value is -2.54. The molecule has 1 amide bonds. The highest BCUT2D eigenvalue weighted by Gasteiger charge is 2.31. The first kappa shape index (κ1) is 16.9. The molecule has 0 radical (unpaired) electrons. The Balaban J connectivity index is 1.86. The quantitative estimate of drug-likeness (QED) is 0.762. The van der Waals surface area contributed by atoms with Crippen LogP contribution in [0.15, 0.2) is 36.0 Å². The van der Waals surface area contributed by atoms with Crippen molar-refractivity contribution in [2.75, 3.05) is 18.0 Å². The fourth-order valence-corrected chi connectivity index (χ4v) is 4.36. The number of nitrogens with one attached hydrogen (secondary N) is 1. The van der Waals surface area contributed by atoms with Crippen LogP contribution in [0.5, 0.6) is 0 Å². The van der Waals surface area contributed by atoms with Crippen molar-refractivity contribution in [3.8, 4) is 11.1 Å². The minimum Gasteiger partial charge on any atom is -0.353 e. The van der Waals surface area contributed by atoms with E-state index in [1.54, 1.807) is 18.5 Å². The average molecular weight is 370 g/mol. The second-order valence-electron chi connectivity index (χ2n) is 6.32. The minimum atomic E-state index is -0.263. The summed E-state index contributed by atoms with van der Waals surface area (Å²) in [6.07, 6.45) is 3.24. The molecule has 1 aliphatic rings. The maximum Gasteiger partial charge on any atom is 0.242 e. The lowest BCUT2D eigenvalue weighted by Crippen LogP contribution is -2.55. The van der Waals surface area contributed by atoms with Crippen LogP contribution in [0, 0.1) is 5.82 Å². The van der Waals surface area contributed by atoms with Crippen LogP contribution < -0.4 is 10.2 Å². The zero-order chi connectivity index (χ0) is 18.1. The number of halogens is 1. The molecule has 2 aromatic heterocycles. The van der Waals surface area contributed by atoms with E-state index in [4.69, 9.17) is 0 Å². The molecule has 26 heavy (non-hydrogen) atoms. The van der Waals surface area contributed by atoms with E-state index in [0.717, 1.165) is 40.0 Å². The van der Waals surface area contributed by atoms with Crippen LogP contribution in [-0.2, 0) is 4.79 Å². The molecule has 134 valence electrons. The average Bonchev–Trinajstić information content (AvgIpc) is 3.08. The summed E-state index contributed by atoms with van der Waals surface area (Å²) in [7, 11) is 0. The summed E-state index contributed by atoms with van der Waals surface area (Å²) in [4.78, 5) is 24.3. The molecule has 1 atom stereocenters. The number of nitrogens with zero attached hydrogens (tertiary/aromatic N) is 3. The third-order valence-electron chi connectivity index (χ3n) is 4.67. The predicted molar refractivity (Wildman–Crippen MR) is 102 cm³/mol. The van der Waals surface area contributed by atoms with Gasteiger partial charge in [-0.3, -0.25) is 4.79 Å². The van der Waals surface area contributed by atoms with Gasteiger partial charge < -0.3 is 10.2 Å². The third-order valence-corrected chi connectivity index (χ3v) is 5.56. The molecular formula is C19H19FN4OS. The zero-order valence-corrected chi connectivity index (χ0v) is 15.2. The number of hydrogen-bond donors (Lipinski definition) is 1. The van der Waals surface area contributed by atoms with E-state index in [0.29, 0.717) is 13.1 Å². The van der Waals surface area contributed by atoms with Gasteiger partial charge in [0.1, 0.15) is 28.8 Å². The molecule has 1 aliphatic heterocycles. The van der Waals surface area contributed by atoms with E-state index in [1.807, 2.05) is 5.38 Å². The van der Waals surface area contributed by atoms with E-state index in [1.165, 1.54) is 23.5 Å². The Morgan fingerprint density at radius 2 is 2.12 bits per heavy atom. The van der Waals surface area contributed by atoms with Crippen LogP contribution in [0.3, 0.4) is 0 Å². The summed E-state index contributed by atoms with van der Waals surface area (Å²) in [5.41, 5.74) is 1.89. The van der Waals surface area contributed by atoms with E-state index in [2.05, 4.69) is 27.1 Å². The van der Waals surface area contributed by atoms with Crippen molar-refractivity contribution >= 4 is 33.3 Å². The Bertz CT molecular complexity index is 940. The predicted octanol–water partition coefficient (Wildman–Crippen LogP) is 3.60. The van der Waals surface area contributed by atoms with Crippen molar-refractivity contribution in [1.29, 1.82) is 0 Å². The third kappa shape index (κ3) is 2.92. The summed E-state index contributed by atoms with van der Waals surface area (Å²) in [6, 6.07) is 6.21. The fraction of sp³-hybridized carbons (Fsp3) is 0.316. The summed E-state index contributed by atoms with van der Waals surface area (Å²) in [6.45, 7) is 3.38. The second kappa shape index (κ2) is 6.99. The lowest BCUT2D eigenvalue weighted by Gasteiger charge is -2.36. The smallest absolute Gasteiger partial charge is 0.242 e. The minimum absolute atomic E-state index is 0.0448. The molecule has 0 spiro atoms. The Morgan fingerprint density at radius 1 is 1.31 bits per heavy atom. The van der Waals surface area contributed by atoms with Crippen molar-refractivity contribution in [3.63, 3.8) is 0 Å². The van der Waals surface area contributed by atoms with Gasteiger partial charge in [-0.05, 0) is 24.1 Å². The highest BCUT2D eigenvalue weighted by Crippen LogP contribution is 2.38. The maximum atomic E-state index is 13.3. The SMILES string of the molecule is CCC[C@H]1C(=O)NCCN1c1ncnc2scc(-c3ccc(F)cc3)c12. The number of carbonyl (C=O) groups is 1. The van der Waals surface area contributed by atoms with Crippen molar-refractivity contribution < 1.29 is 9.18 Å². The van der Waals surface area contributed by atoms with Gasteiger partial charge in [0.25, 0.3) is 0 Å². The summed E-state index contributed by atoms with van der Waals surface area (Å²) >= 11 is 1.53. The molecule has 4 rings (SSSR count). The number of carbonyl (C=O) groups excluding carboxylic acids is 1. The van der Waals surface area contributed by atoms with Crippen molar-refractivity contribution in [2.24, 2.45) is 0 Å². The lowest BCUT2D eigenvalue weighted by atomic mass is 10.0. The first-order valence-electron chi connectivity index (χ1n) is 8.71. The molecule has 3 aromatic rings. The Labute approximate surface area is 154 Å². The molecule has 1 aromatic carbocycles. The summed E-state index contributed by atoms with van der Waals surface area (Å²) in [5, 5.41) is 5.90. The van der Waals surface area contributed by atoms with Crippen LogP contribution in [-0.4, -0.2) is 35.0 Å². The first-order chi connectivity index (χ1) is 12.7. The van der Waals surface area contributed by atoms with Gasteiger partial charge in [0.15, 0.2) is 0 Å². The number of thiophene rings is 1. The van der Waals surface area contributed by atoms with E-state index in [9.17, 15) is 9.18 Å². The van der Waals surface area contributed by atoms with Crippen molar-refractivity contribution in [2.45, 2.75) is 25.8 Å². The van der Waals surface area contributed by atoms with Gasteiger partial charge >= 0.3 is 0 Å². The summed E-state index contributed by atoms with van der Waals surface area (Å²) in [5.74, 6) is 0.563. The lowest BCUT2D eigenvalue weighted by molar-refractivity contribution is -0.123. The van der Waals surface area contributed by atoms with Crippen molar-refractivity contribution in [1.82, 2.24) is 15.3 Å². The fourth-order valence-electron chi connectivity index (χ4n) is 3.45. The first-order valence-corrected chi connectivity index (χ1v) is 9.59. The number of amides is 1. The topological polar surface area (TPSA) is 58.1 Å². The van der Waals surface area contributed by atoms with E-state index in [-0.39, 0.29) is 17.8 Å². The molecule has 1 saturated heterocycles. The van der Waals surface area contributed by atoms with Gasteiger partial charge in [-0.15, -0.1) is 11.3 Å².